The van der Waals surface area contributed by atoms with Gasteiger partial charge in [0.2, 0.25) is 0 Å². The zero-order valence-corrected chi connectivity index (χ0v) is 15.0. The maximum atomic E-state index is 12.6. The number of anilines is 1. The molecule has 0 aliphatic carbocycles. The van der Waals surface area contributed by atoms with Gasteiger partial charge in [-0.25, -0.2) is 0 Å². The van der Waals surface area contributed by atoms with E-state index in [1.165, 1.54) is 7.11 Å². The minimum atomic E-state index is -0.306. The van der Waals surface area contributed by atoms with Crippen LogP contribution in [0.1, 0.15) is 33.6 Å². The SMILES string of the molecule is COc1ccc(OC)c(C(=O)Nc2ccc(C(=O)N3CCCC3)cc2)c1. The number of amides is 2. The van der Waals surface area contributed by atoms with Crippen LogP contribution in [0, 0.1) is 0 Å². The number of ether oxygens (including phenoxy) is 2. The average Bonchev–Trinajstić information content (AvgIpc) is 3.22. The molecule has 0 radical (unpaired) electrons. The first kappa shape index (κ1) is 17.8. The molecular weight excluding hydrogens is 332 g/mol. The number of carbonyl (C=O) groups is 2. The monoisotopic (exact) mass is 354 g/mol. The standard InChI is InChI=1S/C20H22N2O4/c1-25-16-9-10-18(26-2)17(13-16)19(23)21-15-7-5-14(6-8-15)20(24)22-11-3-4-12-22/h5-10,13H,3-4,11-12H2,1-2H3,(H,21,23). The second kappa shape index (κ2) is 7.91. The van der Waals surface area contributed by atoms with E-state index < -0.39 is 0 Å². The second-order valence-electron chi connectivity index (χ2n) is 6.10. The van der Waals surface area contributed by atoms with Crippen molar-refractivity contribution in [1.29, 1.82) is 0 Å². The van der Waals surface area contributed by atoms with E-state index in [9.17, 15) is 9.59 Å². The fourth-order valence-electron chi connectivity index (χ4n) is 2.99. The maximum Gasteiger partial charge on any atom is 0.259 e. The number of methoxy groups -OCH3 is 2. The van der Waals surface area contributed by atoms with Crippen molar-refractivity contribution in [2.75, 3.05) is 32.6 Å². The molecule has 1 N–H and O–H groups in total. The Morgan fingerprint density at radius 1 is 0.962 bits per heavy atom. The molecule has 1 saturated heterocycles. The zero-order chi connectivity index (χ0) is 18.5. The lowest BCUT2D eigenvalue weighted by molar-refractivity contribution is 0.0792. The minimum Gasteiger partial charge on any atom is -0.497 e. The van der Waals surface area contributed by atoms with Crippen LogP contribution >= 0.6 is 0 Å². The van der Waals surface area contributed by atoms with Crippen LogP contribution in [0.5, 0.6) is 11.5 Å². The Morgan fingerprint density at radius 3 is 2.27 bits per heavy atom. The van der Waals surface area contributed by atoms with Crippen molar-refractivity contribution in [2.45, 2.75) is 12.8 Å². The first-order chi connectivity index (χ1) is 12.6. The Balaban J connectivity index is 1.73. The third-order valence-corrected chi connectivity index (χ3v) is 4.43. The van der Waals surface area contributed by atoms with Crippen LogP contribution in [0.25, 0.3) is 0 Å². The fourth-order valence-corrected chi connectivity index (χ4v) is 2.99. The highest BCUT2D eigenvalue weighted by atomic mass is 16.5. The van der Waals surface area contributed by atoms with Crippen LogP contribution in [0.3, 0.4) is 0 Å². The van der Waals surface area contributed by atoms with Crippen LogP contribution < -0.4 is 14.8 Å². The van der Waals surface area contributed by atoms with E-state index in [1.807, 2.05) is 4.90 Å². The molecule has 3 rings (SSSR count). The van der Waals surface area contributed by atoms with E-state index in [1.54, 1.807) is 49.6 Å². The number of rotatable bonds is 5. The summed E-state index contributed by atoms with van der Waals surface area (Å²) in [6.07, 6.45) is 2.12. The van der Waals surface area contributed by atoms with Gasteiger partial charge >= 0.3 is 0 Å². The number of likely N-dealkylation sites (tertiary alicyclic amines) is 1. The predicted molar refractivity (Wildman–Crippen MR) is 99.1 cm³/mol. The number of benzene rings is 2. The van der Waals surface area contributed by atoms with Gasteiger partial charge in [0, 0.05) is 24.3 Å². The summed E-state index contributed by atoms with van der Waals surface area (Å²) in [6.45, 7) is 1.62. The van der Waals surface area contributed by atoms with Crippen LogP contribution in [0.2, 0.25) is 0 Å². The Bertz CT molecular complexity index is 796. The van der Waals surface area contributed by atoms with Gasteiger partial charge in [-0.3, -0.25) is 9.59 Å². The summed E-state index contributed by atoms with van der Waals surface area (Å²) >= 11 is 0. The van der Waals surface area contributed by atoms with Gasteiger partial charge in [0.1, 0.15) is 11.5 Å². The summed E-state index contributed by atoms with van der Waals surface area (Å²) in [7, 11) is 3.05. The molecule has 2 aromatic rings. The summed E-state index contributed by atoms with van der Waals surface area (Å²) in [5.74, 6) is 0.765. The lowest BCUT2D eigenvalue weighted by atomic mass is 10.1. The first-order valence-electron chi connectivity index (χ1n) is 8.55. The normalized spacial score (nSPS) is 13.4. The first-order valence-corrected chi connectivity index (χ1v) is 8.55. The molecule has 136 valence electrons. The molecule has 6 nitrogen and oxygen atoms in total. The van der Waals surface area contributed by atoms with Gasteiger partial charge in [-0.2, -0.15) is 0 Å². The zero-order valence-electron chi connectivity index (χ0n) is 15.0. The average molecular weight is 354 g/mol. The van der Waals surface area contributed by atoms with Gasteiger partial charge in [-0.05, 0) is 55.3 Å². The summed E-state index contributed by atoms with van der Waals surface area (Å²) in [5, 5.41) is 2.82. The van der Waals surface area contributed by atoms with E-state index >= 15 is 0 Å². The van der Waals surface area contributed by atoms with Crippen molar-refractivity contribution in [3.05, 3.63) is 53.6 Å². The Kier molecular flexibility index (Phi) is 5.41. The molecular formula is C20H22N2O4. The molecule has 0 spiro atoms. The predicted octanol–water partition coefficient (Wildman–Crippen LogP) is 3.19. The third-order valence-electron chi connectivity index (χ3n) is 4.43. The van der Waals surface area contributed by atoms with E-state index in [-0.39, 0.29) is 11.8 Å². The van der Waals surface area contributed by atoms with E-state index in [2.05, 4.69) is 5.32 Å². The van der Waals surface area contributed by atoms with Crippen molar-refractivity contribution < 1.29 is 19.1 Å². The lowest BCUT2D eigenvalue weighted by Crippen LogP contribution is -2.27. The van der Waals surface area contributed by atoms with Crippen LogP contribution in [0.4, 0.5) is 5.69 Å². The molecule has 0 saturated carbocycles. The molecule has 1 aliphatic rings. The number of carbonyl (C=O) groups excluding carboxylic acids is 2. The lowest BCUT2D eigenvalue weighted by Gasteiger charge is -2.15. The summed E-state index contributed by atoms with van der Waals surface area (Å²) in [6, 6.07) is 12.0. The van der Waals surface area contributed by atoms with Gasteiger partial charge in [-0.1, -0.05) is 0 Å². The topological polar surface area (TPSA) is 67.9 Å². The van der Waals surface area contributed by atoms with E-state index in [0.29, 0.717) is 28.3 Å². The van der Waals surface area contributed by atoms with Crippen LogP contribution in [0.15, 0.2) is 42.5 Å². The van der Waals surface area contributed by atoms with E-state index in [4.69, 9.17) is 9.47 Å². The highest BCUT2D eigenvalue weighted by Gasteiger charge is 2.19. The minimum absolute atomic E-state index is 0.0369. The molecule has 2 amide bonds. The Hall–Kier alpha value is -3.02. The molecule has 26 heavy (non-hydrogen) atoms. The largest absolute Gasteiger partial charge is 0.497 e. The molecule has 2 aromatic carbocycles. The van der Waals surface area contributed by atoms with Crippen LogP contribution in [-0.2, 0) is 0 Å². The van der Waals surface area contributed by atoms with E-state index in [0.717, 1.165) is 25.9 Å². The van der Waals surface area contributed by atoms with Gasteiger partial charge in [-0.15, -0.1) is 0 Å². The van der Waals surface area contributed by atoms with Crippen molar-refractivity contribution in [3.63, 3.8) is 0 Å². The van der Waals surface area contributed by atoms with Crippen molar-refractivity contribution >= 4 is 17.5 Å². The summed E-state index contributed by atoms with van der Waals surface area (Å²) < 4.78 is 10.4. The van der Waals surface area contributed by atoms with Gasteiger partial charge in [0.05, 0.1) is 19.8 Å². The number of nitrogens with one attached hydrogen (secondary N) is 1. The number of hydrogen-bond donors (Lipinski definition) is 1. The van der Waals surface area contributed by atoms with Gasteiger partial charge in [0.25, 0.3) is 11.8 Å². The Morgan fingerprint density at radius 2 is 1.65 bits per heavy atom. The molecule has 0 unspecified atom stereocenters. The van der Waals surface area contributed by atoms with Crippen molar-refractivity contribution in [3.8, 4) is 11.5 Å². The maximum absolute atomic E-state index is 12.6. The smallest absolute Gasteiger partial charge is 0.259 e. The molecule has 1 fully saturated rings. The van der Waals surface area contributed by atoms with Gasteiger partial charge < -0.3 is 19.7 Å². The molecule has 0 aromatic heterocycles. The fraction of sp³-hybridized carbons (Fsp3) is 0.300. The van der Waals surface area contributed by atoms with Crippen LogP contribution in [-0.4, -0.2) is 44.0 Å². The molecule has 0 bridgehead atoms. The summed E-state index contributed by atoms with van der Waals surface area (Å²) in [5.41, 5.74) is 1.62. The second-order valence-corrected chi connectivity index (χ2v) is 6.10. The molecule has 0 atom stereocenters. The van der Waals surface area contributed by atoms with Crippen molar-refractivity contribution in [1.82, 2.24) is 4.90 Å². The number of nitrogens with zero attached hydrogens (tertiary/aromatic N) is 1. The highest BCUT2D eigenvalue weighted by Crippen LogP contribution is 2.25. The third kappa shape index (κ3) is 3.79. The van der Waals surface area contributed by atoms with Gasteiger partial charge in [0.15, 0.2) is 0 Å². The highest BCUT2D eigenvalue weighted by molar-refractivity contribution is 6.06. The molecule has 1 heterocycles. The molecule has 1 aliphatic heterocycles. The summed E-state index contributed by atoms with van der Waals surface area (Å²) in [4.78, 5) is 26.8. The quantitative estimate of drug-likeness (QED) is 0.895. The molecule has 6 heteroatoms. The van der Waals surface area contributed by atoms with Crippen molar-refractivity contribution in [2.24, 2.45) is 0 Å². The Labute approximate surface area is 152 Å². The number of hydrogen-bond acceptors (Lipinski definition) is 4.